The molecule has 0 rings (SSSR count). The van der Waals surface area contributed by atoms with Crippen molar-refractivity contribution >= 4 is 19.8 Å². The first-order chi connectivity index (χ1) is 23.7. The molecule has 288 valence electrons. The van der Waals surface area contributed by atoms with Crippen molar-refractivity contribution < 1.29 is 47.8 Å². The predicted molar refractivity (Wildman–Crippen MR) is 196 cm³/mol. The van der Waals surface area contributed by atoms with E-state index in [-0.39, 0.29) is 19.4 Å². The van der Waals surface area contributed by atoms with Gasteiger partial charge >= 0.3 is 19.8 Å². The number of rotatable bonds is 36. The van der Waals surface area contributed by atoms with Crippen LogP contribution in [0.3, 0.4) is 0 Å². The fourth-order valence-corrected chi connectivity index (χ4v) is 5.87. The van der Waals surface area contributed by atoms with Crippen LogP contribution < -0.4 is 0 Å². The van der Waals surface area contributed by atoms with Crippen LogP contribution in [0.4, 0.5) is 0 Å². The van der Waals surface area contributed by atoms with Gasteiger partial charge in [-0.2, -0.15) is 0 Å². The average Bonchev–Trinajstić information content (AvgIpc) is 3.09. The Morgan fingerprint density at radius 3 is 1.61 bits per heavy atom. The fourth-order valence-electron chi connectivity index (χ4n) is 5.08. The molecule has 0 spiro atoms. The monoisotopic (exact) mass is 718 g/mol. The molecule has 3 N–H and O–H groups in total. The summed E-state index contributed by atoms with van der Waals surface area (Å²) in [6.45, 7) is 2.29. The number of phosphoric ester groups is 1. The van der Waals surface area contributed by atoms with Gasteiger partial charge < -0.3 is 24.6 Å². The zero-order valence-electron chi connectivity index (χ0n) is 30.9. The third-order valence-corrected chi connectivity index (χ3v) is 9.06. The van der Waals surface area contributed by atoms with Crippen molar-refractivity contribution in [1.82, 2.24) is 0 Å². The maximum Gasteiger partial charge on any atom is 0.472 e. The molecule has 0 aliphatic carbocycles. The quantitative estimate of drug-likeness (QED) is 0.0248. The minimum Gasteiger partial charge on any atom is -0.462 e. The van der Waals surface area contributed by atoms with Crippen LogP contribution in [0.1, 0.15) is 168 Å². The largest absolute Gasteiger partial charge is 0.472 e. The number of ether oxygens (including phenoxy) is 2. The number of hydrogen-bond acceptors (Lipinski definition) is 9. The number of unbranched alkanes of at least 4 members (excludes halogenated alkanes) is 18. The molecular weight excluding hydrogens is 647 g/mol. The minimum absolute atomic E-state index is 0.181. The smallest absolute Gasteiger partial charge is 0.462 e. The number of aliphatic hydroxyl groups is 2. The number of hydrogen-bond donors (Lipinski definition) is 3. The number of esters is 2. The first kappa shape index (κ1) is 47.4. The van der Waals surface area contributed by atoms with Crippen molar-refractivity contribution in [3.8, 4) is 0 Å². The Morgan fingerprint density at radius 2 is 1.06 bits per heavy atom. The van der Waals surface area contributed by atoms with E-state index in [2.05, 4.69) is 42.7 Å². The van der Waals surface area contributed by atoms with E-state index >= 15 is 0 Å². The zero-order valence-corrected chi connectivity index (χ0v) is 31.8. The van der Waals surface area contributed by atoms with E-state index in [9.17, 15) is 24.2 Å². The van der Waals surface area contributed by atoms with E-state index in [4.69, 9.17) is 19.1 Å². The van der Waals surface area contributed by atoms with Gasteiger partial charge in [0.1, 0.15) is 12.7 Å². The molecule has 1 unspecified atom stereocenters. The Balaban J connectivity index is 4.24. The van der Waals surface area contributed by atoms with Crippen LogP contribution in [-0.4, -0.2) is 65.7 Å². The molecule has 3 atom stereocenters. The van der Waals surface area contributed by atoms with Crippen LogP contribution in [0.25, 0.3) is 0 Å². The topological polar surface area (TPSA) is 149 Å². The van der Waals surface area contributed by atoms with Crippen LogP contribution in [0.15, 0.2) is 24.3 Å². The van der Waals surface area contributed by atoms with Gasteiger partial charge in [0.15, 0.2) is 6.10 Å². The lowest BCUT2D eigenvalue weighted by Gasteiger charge is -2.20. The van der Waals surface area contributed by atoms with Crippen molar-refractivity contribution in [3.05, 3.63) is 24.3 Å². The summed E-state index contributed by atoms with van der Waals surface area (Å²) in [7, 11) is -4.60. The molecule has 0 bridgehead atoms. The lowest BCUT2D eigenvalue weighted by molar-refractivity contribution is -0.161. The van der Waals surface area contributed by atoms with Crippen molar-refractivity contribution in [2.45, 2.75) is 180 Å². The van der Waals surface area contributed by atoms with Crippen LogP contribution in [0.5, 0.6) is 0 Å². The number of carbonyl (C=O) groups excluding carboxylic acids is 2. The molecule has 0 fully saturated rings. The van der Waals surface area contributed by atoms with E-state index in [1.54, 1.807) is 0 Å². The summed E-state index contributed by atoms with van der Waals surface area (Å²) in [6, 6.07) is 0. The number of phosphoric acid groups is 1. The molecular formula is C38H71O10P. The highest BCUT2D eigenvalue weighted by Gasteiger charge is 2.27. The van der Waals surface area contributed by atoms with Gasteiger partial charge in [0.2, 0.25) is 0 Å². The van der Waals surface area contributed by atoms with Gasteiger partial charge in [-0.15, -0.1) is 0 Å². The third-order valence-electron chi connectivity index (χ3n) is 8.11. The lowest BCUT2D eigenvalue weighted by atomic mass is 10.1. The normalized spacial score (nSPS) is 14.3. The Morgan fingerprint density at radius 1 is 0.612 bits per heavy atom. The number of aliphatic hydroxyl groups excluding tert-OH is 2. The van der Waals surface area contributed by atoms with Crippen molar-refractivity contribution in [1.29, 1.82) is 0 Å². The Kier molecular flexibility index (Phi) is 33.8. The molecule has 0 aromatic heterocycles. The van der Waals surface area contributed by atoms with Crippen LogP contribution in [0, 0.1) is 0 Å². The molecule has 0 heterocycles. The van der Waals surface area contributed by atoms with Crippen molar-refractivity contribution in [2.75, 3.05) is 26.4 Å². The number of allylic oxidation sites excluding steroid dienone is 4. The second-order valence-corrected chi connectivity index (χ2v) is 14.4. The van der Waals surface area contributed by atoms with Gasteiger partial charge in [0, 0.05) is 12.8 Å². The summed E-state index contributed by atoms with van der Waals surface area (Å²) in [5.41, 5.74) is 0. The van der Waals surface area contributed by atoms with Gasteiger partial charge in [-0.25, -0.2) is 4.57 Å². The van der Waals surface area contributed by atoms with Gasteiger partial charge in [0.05, 0.1) is 19.8 Å². The van der Waals surface area contributed by atoms with Crippen molar-refractivity contribution in [2.24, 2.45) is 0 Å². The average molecular weight is 719 g/mol. The van der Waals surface area contributed by atoms with Crippen LogP contribution in [-0.2, 0) is 32.7 Å². The van der Waals surface area contributed by atoms with E-state index in [0.717, 1.165) is 51.4 Å². The second-order valence-electron chi connectivity index (χ2n) is 13.0. The van der Waals surface area contributed by atoms with E-state index in [1.807, 2.05) is 0 Å². The van der Waals surface area contributed by atoms with Gasteiger partial charge in [-0.1, -0.05) is 134 Å². The van der Waals surface area contributed by atoms with Gasteiger partial charge in [-0.3, -0.25) is 18.6 Å². The maximum atomic E-state index is 12.5. The Bertz CT molecular complexity index is 879. The molecule has 49 heavy (non-hydrogen) atoms. The SMILES string of the molecule is CCCCC/C=C/C/C=C/CCCCCCCCCCCC(=O)O[C@H](COC(=O)CCCCCCCCC)COP(=O)(O)OC[C@@H](O)CO. The van der Waals surface area contributed by atoms with E-state index in [0.29, 0.717) is 12.8 Å². The molecule has 10 nitrogen and oxygen atoms in total. The van der Waals surface area contributed by atoms with Gasteiger partial charge in [0.25, 0.3) is 0 Å². The first-order valence-electron chi connectivity index (χ1n) is 19.3. The molecule has 0 aliphatic heterocycles. The van der Waals surface area contributed by atoms with Crippen molar-refractivity contribution in [3.63, 3.8) is 0 Å². The third kappa shape index (κ3) is 34.7. The zero-order chi connectivity index (χ0) is 36.3. The summed E-state index contributed by atoms with van der Waals surface area (Å²) in [5.74, 6) is -0.935. The predicted octanol–water partition coefficient (Wildman–Crippen LogP) is 9.44. The summed E-state index contributed by atoms with van der Waals surface area (Å²) < 4.78 is 32.5. The van der Waals surface area contributed by atoms with Crippen LogP contribution in [0.2, 0.25) is 0 Å². The van der Waals surface area contributed by atoms with E-state index in [1.165, 1.54) is 77.0 Å². The standard InChI is InChI=1S/C38H71O10P/c1-3-5-7-9-11-12-13-14-15-16-17-18-19-20-21-22-24-26-28-30-38(42)48-36(34-47-49(43,44)46-32-35(40)31-39)33-45-37(41)29-27-25-23-10-8-6-4-2/h11-12,14-15,35-36,39-40H,3-10,13,16-34H2,1-2H3,(H,43,44)/b12-11+,15-14+/t35-,36+/m0/s1. The number of carbonyl (C=O) groups is 2. The van der Waals surface area contributed by atoms with Gasteiger partial charge in [-0.05, 0) is 44.9 Å². The highest BCUT2D eigenvalue weighted by molar-refractivity contribution is 7.47. The molecule has 0 amide bonds. The van der Waals surface area contributed by atoms with Crippen LogP contribution >= 0.6 is 7.82 Å². The summed E-state index contributed by atoms with van der Waals surface area (Å²) >= 11 is 0. The molecule has 0 aromatic carbocycles. The van der Waals surface area contributed by atoms with E-state index < -0.39 is 51.8 Å². The fraction of sp³-hybridized carbons (Fsp3) is 0.842. The molecule has 0 saturated carbocycles. The Hall–Kier alpha value is -1.55. The summed E-state index contributed by atoms with van der Waals surface area (Å²) in [6.07, 6.45) is 31.7. The second kappa shape index (κ2) is 34.9. The molecule has 0 saturated heterocycles. The molecule has 0 aromatic rings. The molecule has 0 radical (unpaired) electrons. The maximum absolute atomic E-state index is 12.5. The minimum atomic E-state index is -4.60. The molecule has 0 aliphatic rings. The molecule has 11 heteroatoms. The lowest BCUT2D eigenvalue weighted by Crippen LogP contribution is -2.29. The highest BCUT2D eigenvalue weighted by Crippen LogP contribution is 2.43. The highest BCUT2D eigenvalue weighted by atomic mass is 31.2. The summed E-state index contributed by atoms with van der Waals surface area (Å²) in [4.78, 5) is 34.7. The first-order valence-corrected chi connectivity index (χ1v) is 20.8. The summed E-state index contributed by atoms with van der Waals surface area (Å²) in [5, 5.41) is 18.2. The Labute approximate surface area is 298 Å².